The summed E-state index contributed by atoms with van der Waals surface area (Å²) in [7, 11) is 2.15. The monoisotopic (exact) mass is 311 g/mol. The highest BCUT2D eigenvalue weighted by molar-refractivity contribution is 7.15. The Balaban J connectivity index is 1.96. The number of nitrogens with zero attached hydrogens (tertiary/aromatic N) is 2. The van der Waals surface area contributed by atoms with Gasteiger partial charge in [-0.3, -0.25) is 0 Å². The van der Waals surface area contributed by atoms with Crippen molar-refractivity contribution < 1.29 is 4.74 Å². The molecule has 120 valence electrons. The van der Waals surface area contributed by atoms with Gasteiger partial charge in [0.05, 0.1) is 12.3 Å². The second kappa shape index (κ2) is 8.11. The van der Waals surface area contributed by atoms with E-state index < -0.39 is 0 Å². The number of nitrogens with one attached hydrogen (secondary N) is 1. The number of anilines is 1. The lowest BCUT2D eigenvalue weighted by molar-refractivity contribution is 0.0576. The van der Waals surface area contributed by atoms with Crippen LogP contribution in [0.15, 0.2) is 0 Å². The van der Waals surface area contributed by atoms with E-state index in [2.05, 4.69) is 38.0 Å². The molecule has 2 heterocycles. The number of aryl methyl sites for hydroxylation is 1. The van der Waals surface area contributed by atoms with Crippen LogP contribution in [0.5, 0.6) is 0 Å². The van der Waals surface area contributed by atoms with Gasteiger partial charge in [0.25, 0.3) is 0 Å². The number of rotatable bonds is 7. The summed E-state index contributed by atoms with van der Waals surface area (Å²) < 4.78 is 5.58. The van der Waals surface area contributed by atoms with E-state index in [0.29, 0.717) is 12.0 Å². The van der Waals surface area contributed by atoms with Crippen LogP contribution in [0, 0.1) is 12.8 Å². The summed E-state index contributed by atoms with van der Waals surface area (Å²) >= 11 is 1.83. The Morgan fingerprint density at radius 2 is 2.33 bits per heavy atom. The number of thiazole rings is 1. The average Bonchev–Trinajstić information content (AvgIpc) is 2.88. The topological polar surface area (TPSA) is 37.4 Å². The van der Waals surface area contributed by atoms with Crippen LogP contribution in [0.3, 0.4) is 0 Å². The zero-order valence-corrected chi connectivity index (χ0v) is 14.6. The Hall–Kier alpha value is -0.650. The van der Waals surface area contributed by atoms with Gasteiger partial charge in [0.15, 0.2) is 5.13 Å². The van der Waals surface area contributed by atoms with Crippen LogP contribution in [-0.4, -0.2) is 38.3 Å². The van der Waals surface area contributed by atoms with Crippen molar-refractivity contribution in [2.24, 2.45) is 5.92 Å². The van der Waals surface area contributed by atoms with Crippen LogP contribution in [0.2, 0.25) is 0 Å². The number of aromatic nitrogens is 1. The molecule has 1 aromatic rings. The molecule has 1 N–H and O–H groups in total. The van der Waals surface area contributed by atoms with Gasteiger partial charge in [0, 0.05) is 31.1 Å². The summed E-state index contributed by atoms with van der Waals surface area (Å²) in [5.41, 5.74) is 1.16. The molecule has 0 bridgehead atoms. The van der Waals surface area contributed by atoms with Crippen molar-refractivity contribution in [3.8, 4) is 0 Å². The molecule has 1 aromatic heterocycles. The van der Waals surface area contributed by atoms with E-state index in [0.717, 1.165) is 43.5 Å². The normalized spacial score (nSPS) is 20.5. The number of hydrogen-bond donors (Lipinski definition) is 1. The quantitative estimate of drug-likeness (QED) is 0.838. The van der Waals surface area contributed by atoms with Crippen LogP contribution in [0.25, 0.3) is 0 Å². The van der Waals surface area contributed by atoms with Crippen LogP contribution in [-0.2, 0) is 4.74 Å². The fraction of sp³-hybridized carbons (Fsp3) is 0.812. The smallest absolute Gasteiger partial charge is 0.185 e. The van der Waals surface area contributed by atoms with Gasteiger partial charge >= 0.3 is 0 Å². The van der Waals surface area contributed by atoms with Crippen LogP contribution < -0.4 is 10.2 Å². The first-order valence-electron chi connectivity index (χ1n) is 8.11. The highest BCUT2D eigenvalue weighted by Gasteiger charge is 2.20. The van der Waals surface area contributed by atoms with E-state index in [-0.39, 0.29) is 0 Å². The lowest BCUT2D eigenvalue weighted by atomic mass is 10.0. The SMILES string of the molecule is CCCNC(C)c1sc(N(C)CC2CCCOC2)nc1C. The lowest BCUT2D eigenvalue weighted by Crippen LogP contribution is -2.30. The minimum absolute atomic E-state index is 0.391. The summed E-state index contributed by atoms with van der Waals surface area (Å²) in [6.45, 7) is 10.5. The molecule has 1 saturated heterocycles. The molecule has 0 amide bonds. The maximum Gasteiger partial charge on any atom is 0.185 e. The molecular weight excluding hydrogens is 282 g/mol. The molecule has 0 radical (unpaired) electrons. The molecule has 2 unspecified atom stereocenters. The van der Waals surface area contributed by atoms with Gasteiger partial charge in [-0.15, -0.1) is 11.3 Å². The Labute approximate surface area is 132 Å². The second-order valence-corrected chi connectivity index (χ2v) is 7.09. The minimum Gasteiger partial charge on any atom is -0.381 e. The van der Waals surface area contributed by atoms with Crippen molar-refractivity contribution in [2.45, 2.75) is 46.1 Å². The Morgan fingerprint density at radius 1 is 1.52 bits per heavy atom. The average molecular weight is 311 g/mol. The van der Waals surface area contributed by atoms with E-state index in [9.17, 15) is 0 Å². The van der Waals surface area contributed by atoms with Crippen molar-refractivity contribution in [2.75, 3.05) is 38.3 Å². The first-order valence-corrected chi connectivity index (χ1v) is 8.93. The van der Waals surface area contributed by atoms with Crippen molar-refractivity contribution in [3.05, 3.63) is 10.6 Å². The van der Waals surface area contributed by atoms with Crippen molar-refractivity contribution in [3.63, 3.8) is 0 Å². The zero-order chi connectivity index (χ0) is 15.2. The van der Waals surface area contributed by atoms with Gasteiger partial charge in [-0.05, 0) is 45.6 Å². The predicted octanol–water partition coefficient (Wildman–Crippen LogP) is 3.37. The van der Waals surface area contributed by atoms with Crippen LogP contribution in [0.4, 0.5) is 5.13 Å². The molecule has 1 aliphatic rings. The van der Waals surface area contributed by atoms with Crippen molar-refractivity contribution >= 4 is 16.5 Å². The van der Waals surface area contributed by atoms with Gasteiger partial charge in [0.2, 0.25) is 0 Å². The van der Waals surface area contributed by atoms with Crippen molar-refractivity contribution in [1.82, 2.24) is 10.3 Å². The van der Waals surface area contributed by atoms with E-state index in [1.807, 2.05) is 11.3 Å². The Bertz CT molecular complexity index is 429. The second-order valence-electron chi connectivity index (χ2n) is 6.09. The molecular formula is C16H29N3OS. The maximum atomic E-state index is 5.58. The highest BCUT2D eigenvalue weighted by atomic mass is 32.1. The van der Waals surface area contributed by atoms with Gasteiger partial charge in [-0.2, -0.15) is 0 Å². The van der Waals surface area contributed by atoms with Gasteiger partial charge < -0.3 is 15.0 Å². The summed E-state index contributed by atoms with van der Waals surface area (Å²) in [6.07, 6.45) is 3.63. The molecule has 0 aliphatic carbocycles. The minimum atomic E-state index is 0.391. The number of hydrogen-bond acceptors (Lipinski definition) is 5. The Morgan fingerprint density at radius 3 is 3.00 bits per heavy atom. The highest BCUT2D eigenvalue weighted by Crippen LogP contribution is 2.31. The maximum absolute atomic E-state index is 5.58. The van der Waals surface area contributed by atoms with E-state index >= 15 is 0 Å². The molecule has 2 atom stereocenters. The molecule has 2 rings (SSSR count). The lowest BCUT2D eigenvalue weighted by Gasteiger charge is -2.26. The van der Waals surface area contributed by atoms with Gasteiger partial charge in [-0.1, -0.05) is 6.92 Å². The fourth-order valence-electron chi connectivity index (χ4n) is 2.83. The standard InChI is InChI=1S/C16H29N3OS/c1-5-8-17-12(2)15-13(3)18-16(21-15)19(4)10-14-7-6-9-20-11-14/h12,14,17H,5-11H2,1-4H3. The molecule has 1 fully saturated rings. The summed E-state index contributed by atoms with van der Waals surface area (Å²) in [4.78, 5) is 8.43. The van der Waals surface area contributed by atoms with Gasteiger partial charge in [0.1, 0.15) is 0 Å². The zero-order valence-electron chi connectivity index (χ0n) is 13.8. The largest absolute Gasteiger partial charge is 0.381 e. The summed E-state index contributed by atoms with van der Waals surface area (Å²) in [5.74, 6) is 0.645. The van der Waals surface area contributed by atoms with Crippen LogP contribution >= 0.6 is 11.3 Å². The van der Waals surface area contributed by atoms with E-state index in [1.165, 1.54) is 17.7 Å². The number of ether oxygens (including phenoxy) is 1. The third-order valence-electron chi connectivity index (χ3n) is 4.03. The fourth-order valence-corrected chi connectivity index (χ4v) is 3.89. The van der Waals surface area contributed by atoms with Crippen LogP contribution in [0.1, 0.15) is 49.7 Å². The summed E-state index contributed by atoms with van der Waals surface area (Å²) in [6, 6.07) is 0.391. The first kappa shape index (κ1) is 16.7. The molecule has 4 nitrogen and oxygen atoms in total. The molecule has 21 heavy (non-hydrogen) atoms. The molecule has 0 aromatic carbocycles. The summed E-state index contributed by atoms with van der Waals surface area (Å²) in [5, 5.41) is 4.69. The molecule has 5 heteroatoms. The van der Waals surface area contributed by atoms with E-state index in [4.69, 9.17) is 9.72 Å². The van der Waals surface area contributed by atoms with Crippen molar-refractivity contribution in [1.29, 1.82) is 0 Å². The predicted molar refractivity (Wildman–Crippen MR) is 90.4 cm³/mol. The van der Waals surface area contributed by atoms with E-state index in [1.54, 1.807) is 0 Å². The third kappa shape index (κ3) is 4.66. The molecule has 1 aliphatic heterocycles. The van der Waals surface area contributed by atoms with Gasteiger partial charge in [-0.25, -0.2) is 4.98 Å². The first-order chi connectivity index (χ1) is 10.1. The Kier molecular flexibility index (Phi) is 6.45. The molecule has 0 spiro atoms. The third-order valence-corrected chi connectivity index (χ3v) is 5.48. The molecule has 0 saturated carbocycles.